The minimum absolute atomic E-state index is 0.0424. The normalized spacial score (nSPS) is 16.0. The summed E-state index contributed by atoms with van der Waals surface area (Å²) in [6, 6.07) is 0. The van der Waals surface area contributed by atoms with Gasteiger partial charge in [-0.05, 0) is 13.0 Å². The number of hydrogen-bond donors (Lipinski definition) is 3. The molecular weight excluding hydrogens is 288 g/mol. The molecule has 0 aromatic carbocycles. The molecule has 5 N–H and O–H groups in total. The lowest BCUT2D eigenvalue weighted by Gasteiger charge is -2.21. The van der Waals surface area contributed by atoms with E-state index >= 15 is 0 Å². The number of ketones is 1. The van der Waals surface area contributed by atoms with E-state index in [1.807, 2.05) is 13.8 Å². The van der Waals surface area contributed by atoms with Crippen molar-refractivity contribution in [3.8, 4) is 0 Å². The number of rotatable bonds is 4. The van der Waals surface area contributed by atoms with Gasteiger partial charge in [0.1, 0.15) is 5.00 Å². The molecular formula is C14H22N4O2S. The Labute approximate surface area is 128 Å². The molecule has 0 atom stereocenters. The zero-order valence-electron chi connectivity index (χ0n) is 12.4. The Balaban J connectivity index is 2.46. The molecule has 1 amide bonds. The van der Waals surface area contributed by atoms with Gasteiger partial charge in [-0.1, -0.05) is 13.8 Å². The number of nitrogens with one attached hydrogen (secondary N) is 1. The molecule has 1 aromatic rings. The fourth-order valence-corrected chi connectivity index (χ4v) is 3.75. The van der Waals surface area contributed by atoms with Crippen LogP contribution in [0.4, 0.5) is 10.7 Å². The summed E-state index contributed by atoms with van der Waals surface area (Å²) in [5.74, 6) is -0.775. The van der Waals surface area contributed by atoms with Gasteiger partial charge < -0.3 is 21.7 Å². The highest BCUT2D eigenvalue weighted by Gasteiger charge is 2.28. The molecule has 7 heteroatoms. The van der Waals surface area contributed by atoms with Gasteiger partial charge in [0, 0.05) is 25.6 Å². The third kappa shape index (κ3) is 3.19. The molecule has 2 heterocycles. The predicted molar refractivity (Wildman–Crippen MR) is 86.1 cm³/mol. The van der Waals surface area contributed by atoms with E-state index in [0.717, 1.165) is 37.6 Å². The Bertz CT molecular complexity index is 545. The maximum absolute atomic E-state index is 12.3. The van der Waals surface area contributed by atoms with Crippen LogP contribution in [0.3, 0.4) is 0 Å². The summed E-state index contributed by atoms with van der Waals surface area (Å²) >= 11 is 1.29. The smallest absolute Gasteiger partial charge is 0.253 e. The van der Waals surface area contributed by atoms with E-state index in [2.05, 4.69) is 10.2 Å². The minimum Gasteiger partial charge on any atom is -0.397 e. The number of thiophene rings is 1. The van der Waals surface area contributed by atoms with Crippen LogP contribution in [-0.4, -0.2) is 37.9 Å². The summed E-state index contributed by atoms with van der Waals surface area (Å²) in [6.07, 6.45) is 0.976. The van der Waals surface area contributed by atoms with Crippen molar-refractivity contribution in [3.05, 3.63) is 10.4 Å². The predicted octanol–water partition coefficient (Wildman–Crippen LogP) is 1.07. The molecule has 1 saturated heterocycles. The van der Waals surface area contributed by atoms with Crippen molar-refractivity contribution in [2.75, 3.05) is 36.8 Å². The number of hydrogen-bond acceptors (Lipinski definition) is 6. The molecule has 1 aliphatic rings. The Hall–Kier alpha value is -1.60. The van der Waals surface area contributed by atoms with Crippen molar-refractivity contribution in [1.29, 1.82) is 0 Å². The average Bonchev–Trinajstić information content (AvgIpc) is 2.62. The topological polar surface area (TPSA) is 101 Å². The van der Waals surface area contributed by atoms with Gasteiger partial charge in [-0.25, -0.2) is 0 Å². The molecule has 1 aromatic heterocycles. The Morgan fingerprint density at radius 3 is 2.62 bits per heavy atom. The van der Waals surface area contributed by atoms with E-state index in [-0.39, 0.29) is 17.4 Å². The van der Waals surface area contributed by atoms with Crippen molar-refractivity contribution in [2.45, 2.75) is 20.3 Å². The fraction of sp³-hybridized carbons (Fsp3) is 0.571. The van der Waals surface area contributed by atoms with E-state index < -0.39 is 5.91 Å². The zero-order chi connectivity index (χ0) is 15.6. The highest BCUT2D eigenvalue weighted by Crippen LogP contribution is 2.39. The van der Waals surface area contributed by atoms with E-state index in [4.69, 9.17) is 11.5 Å². The van der Waals surface area contributed by atoms with Crippen LogP contribution in [0.2, 0.25) is 0 Å². The minimum atomic E-state index is -0.571. The summed E-state index contributed by atoms with van der Waals surface area (Å²) in [7, 11) is 0. The highest BCUT2D eigenvalue weighted by atomic mass is 32.1. The molecule has 6 nitrogen and oxygen atoms in total. The second-order valence-electron chi connectivity index (χ2n) is 5.50. The molecule has 0 bridgehead atoms. The van der Waals surface area contributed by atoms with E-state index in [0.29, 0.717) is 10.4 Å². The van der Waals surface area contributed by atoms with Gasteiger partial charge in [0.2, 0.25) is 0 Å². The van der Waals surface area contributed by atoms with Gasteiger partial charge in [0.05, 0.1) is 16.1 Å². The standard InChI is InChI=1S/C14H22N4O2S/c1-8(2)11(19)12-10(15)9(13(16)20)14(21-12)18-6-3-4-17-5-7-18/h8,17H,3-7,15H2,1-2H3,(H2,16,20). The van der Waals surface area contributed by atoms with Gasteiger partial charge in [-0.2, -0.15) is 0 Å². The number of carbonyl (C=O) groups is 2. The third-order valence-corrected chi connectivity index (χ3v) is 4.83. The summed E-state index contributed by atoms with van der Waals surface area (Å²) < 4.78 is 0. The number of nitrogens with zero attached hydrogens (tertiary/aromatic N) is 1. The molecule has 1 aliphatic heterocycles. The average molecular weight is 310 g/mol. The maximum atomic E-state index is 12.3. The number of Topliss-reactive ketones (excluding diaryl/α,β-unsaturated/α-hetero) is 1. The number of nitrogens with two attached hydrogens (primary N) is 2. The highest BCUT2D eigenvalue weighted by molar-refractivity contribution is 7.19. The van der Waals surface area contributed by atoms with Crippen molar-refractivity contribution in [2.24, 2.45) is 11.7 Å². The maximum Gasteiger partial charge on any atom is 0.253 e. The number of primary amides is 1. The van der Waals surface area contributed by atoms with Crippen LogP contribution < -0.4 is 21.7 Å². The fourth-order valence-electron chi connectivity index (χ4n) is 2.39. The molecule has 1 fully saturated rings. The van der Waals surface area contributed by atoms with E-state index in [1.54, 1.807) is 0 Å². The molecule has 0 radical (unpaired) electrons. The van der Waals surface area contributed by atoms with Crippen LogP contribution in [0, 0.1) is 5.92 Å². The molecule has 21 heavy (non-hydrogen) atoms. The van der Waals surface area contributed by atoms with E-state index in [9.17, 15) is 9.59 Å². The second kappa shape index (κ2) is 6.44. The van der Waals surface area contributed by atoms with Gasteiger partial charge >= 0.3 is 0 Å². The Morgan fingerprint density at radius 1 is 1.29 bits per heavy atom. The number of carbonyl (C=O) groups excluding carboxylic acids is 2. The van der Waals surface area contributed by atoms with Crippen LogP contribution in [0.25, 0.3) is 0 Å². The first-order valence-corrected chi connectivity index (χ1v) is 7.97. The molecule has 0 unspecified atom stereocenters. The third-order valence-electron chi connectivity index (χ3n) is 3.55. The van der Waals surface area contributed by atoms with Crippen LogP contribution >= 0.6 is 11.3 Å². The van der Waals surface area contributed by atoms with Crippen molar-refractivity contribution >= 4 is 33.7 Å². The van der Waals surface area contributed by atoms with Gasteiger partial charge in [0.15, 0.2) is 5.78 Å². The molecule has 0 aliphatic carbocycles. The monoisotopic (exact) mass is 310 g/mol. The Kier molecular flexibility index (Phi) is 4.84. The quantitative estimate of drug-likeness (QED) is 0.722. The lowest BCUT2D eigenvalue weighted by Crippen LogP contribution is -2.29. The van der Waals surface area contributed by atoms with Crippen LogP contribution in [0.5, 0.6) is 0 Å². The van der Waals surface area contributed by atoms with Crippen molar-refractivity contribution < 1.29 is 9.59 Å². The largest absolute Gasteiger partial charge is 0.397 e. The lowest BCUT2D eigenvalue weighted by molar-refractivity contribution is 0.0944. The number of amides is 1. The molecule has 116 valence electrons. The van der Waals surface area contributed by atoms with Crippen LogP contribution in [-0.2, 0) is 0 Å². The van der Waals surface area contributed by atoms with Crippen LogP contribution in [0.15, 0.2) is 0 Å². The van der Waals surface area contributed by atoms with Crippen molar-refractivity contribution in [1.82, 2.24) is 5.32 Å². The first-order chi connectivity index (χ1) is 9.93. The SMILES string of the molecule is CC(C)C(=O)c1sc(N2CCCNCC2)c(C(N)=O)c1N. The number of anilines is 2. The zero-order valence-corrected chi connectivity index (χ0v) is 13.3. The first-order valence-electron chi connectivity index (χ1n) is 7.15. The van der Waals surface area contributed by atoms with Crippen molar-refractivity contribution in [3.63, 3.8) is 0 Å². The lowest BCUT2D eigenvalue weighted by atomic mass is 10.1. The molecule has 2 rings (SSSR count). The number of nitrogen functional groups attached to an aromatic ring is 1. The van der Waals surface area contributed by atoms with Gasteiger partial charge in [-0.15, -0.1) is 11.3 Å². The molecule has 0 spiro atoms. The summed E-state index contributed by atoms with van der Waals surface area (Å²) in [4.78, 5) is 26.6. The Morgan fingerprint density at radius 2 is 2.00 bits per heavy atom. The summed E-state index contributed by atoms with van der Waals surface area (Å²) in [5.41, 5.74) is 12.1. The second-order valence-corrected chi connectivity index (χ2v) is 6.50. The van der Waals surface area contributed by atoms with E-state index in [1.165, 1.54) is 11.3 Å². The summed E-state index contributed by atoms with van der Waals surface area (Å²) in [6.45, 7) is 7.02. The summed E-state index contributed by atoms with van der Waals surface area (Å²) in [5, 5.41) is 4.04. The van der Waals surface area contributed by atoms with Gasteiger partial charge in [0.25, 0.3) is 5.91 Å². The van der Waals surface area contributed by atoms with Crippen LogP contribution in [0.1, 0.15) is 40.3 Å². The first kappa shape index (κ1) is 15.8. The van der Waals surface area contributed by atoms with Gasteiger partial charge in [-0.3, -0.25) is 9.59 Å². The molecule has 0 saturated carbocycles.